The average molecular weight is 233 g/mol. The summed E-state index contributed by atoms with van der Waals surface area (Å²) in [5, 5.41) is 8.55. The van der Waals surface area contributed by atoms with E-state index in [-0.39, 0.29) is 29.5 Å². The molecule has 0 heterocycles. The fraction of sp³-hybridized carbons (Fsp3) is 0.308. The highest BCUT2D eigenvalue weighted by Crippen LogP contribution is 2.58. The molecule has 2 aliphatic carbocycles. The Morgan fingerprint density at radius 1 is 1.41 bits per heavy atom. The van der Waals surface area contributed by atoms with Gasteiger partial charge in [0.05, 0.1) is 5.92 Å². The number of allylic oxidation sites excluding steroid dienone is 2. The third kappa shape index (κ3) is 1.56. The number of amides is 1. The Morgan fingerprint density at radius 2 is 2.18 bits per heavy atom. The van der Waals surface area contributed by atoms with Crippen molar-refractivity contribution in [1.29, 1.82) is 0 Å². The molecule has 1 aromatic rings. The second kappa shape index (κ2) is 3.67. The van der Waals surface area contributed by atoms with Crippen molar-refractivity contribution in [2.45, 2.75) is 6.42 Å². The number of hydrogen-bond donors (Lipinski definition) is 2. The number of hydroxylamine groups is 1. The van der Waals surface area contributed by atoms with Crippen molar-refractivity contribution in [2.24, 2.45) is 17.8 Å². The monoisotopic (exact) mass is 233 g/mol. The molecule has 88 valence electrons. The molecular weight excluding hydrogens is 221 g/mol. The van der Waals surface area contributed by atoms with Crippen molar-refractivity contribution in [3.63, 3.8) is 0 Å². The van der Waals surface area contributed by atoms with Gasteiger partial charge < -0.3 is 0 Å². The Balaban J connectivity index is 1.81. The van der Waals surface area contributed by atoms with E-state index >= 15 is 0 Å². The molecule has 3 atom stereocenters. The van der Waals surface area contributed by atoms with E-state index in [1.807, 2.05) is 6.08 Å². The summed E-state index contributed by atoms with van der Waals surface area (Å²) in [7, 11) is 0. The van der Waals surface area contributed by atoms with Crippen LogP contribution in [0.15, 0.2) is 30.3 Å². The zero-order valence-electron chi connectivity index (χ0n) is 9.06. The Hall–Kier alpha value is -1.68. The summed E-state index contributed by atoms with van der Waals surface area (Å²) in [5.74, 6) is -0.281. The van der Waals surface area contributed by atoms with Gasteiger partial charge in [0.1, 0.15) is 5.82 Å². The van der Waals surface area contributed by atoms with Crippen molar-refractivity contribution < 1.29 is 14.4 Å². The highest BCUT2D eigenvalue weighted by molar-refractivity contribution is 5.85. The van der Waals surface area contributed by atoms with Crippen LogP contribution in [0.4, 0.5) is 4.39 Å². The lowest BCUT2D eigenvalue weighted by Crippen LogP contribution is -2.22. The number of hydrogen-bond acceptors (Lipinski definition) is 2. The molecule has 0 bridgehead atoms. The predicted molar refractivity (Wildman–Crippen MR) is 59.4 cm³/mol. The number of carbonyl (C=O) groups excluding carboxylic acids is 1. The van der Waals surface area contributed by atoms with Crippen molar-refractivity contribution in [3.05, 3.63) is 41.7 Å². The van der Waals surface area contributed by atoms with Crippen molar-refractivity contribution in [1.82, 2.24) is 5.48 Å². The second-order valence-electron chi connectivity index (χ2n) is 4.62. The summed E-state index contributed by atoms with van der Waals surface area (Å²) in [5.41, 5.74) is 3.28. The fourth-order valence-corrected chi connectivity index (χ4v) is 2.81. The zero-order valence-corrected chi connectivity index (χ0v) is 9.06. The van der Waals surface area contributed by atoms with Crippen LogP contribution in [0.2, 0.25) is 0 Å². The molecule has 0 radical (unpaired) electrons. The van der Waals surface area contributed by atoms with Crippen LogP contribution in [0.1, 0.15) is 12.0 Å². The van der Waals surface area contributed by atoms with E-state index in [1.54, 1.807) is 23.7 Å². The van der Waals surface area contributed by atoms with Gasteiger partial charge in [-0.25, -0.2) is 9.87 Å². The van der Waals surface area contributed by atoms with E-state index in [9.17, 15) is 9.18 Å². The van der Waals surface area contributed by atoms with Gasteiger partial charge in [-0.1, -0.05) is 24.3 Å². The molecule has 1 saturated carbocycles. The van der Waals surface area contributed by atoms with Gasteiger partial charge in [-0.3, -0.25) is 10.0 Å². The molecule has 1 amide bonds. The normalized spacial score (nSPS) is 29.5. The summed E-state index contributed by atoms with van der Waals surface area (Å²) < 4.78 is 13.5. The van der Waals surface area contributed by atoms with Gasteiger partial charge in [-0.15, -0.1) is 0 Å². The number of halogens is 1. The SMILES string of the molecule is O=C(NO)[C@@H]1[C@H]2C=C(c3ccccc3F)C[C@H]21. The summed E-state index contributed by atoms with van der Waals surface area (Å²) in [4.78, 5) is 11.2. The van der Waals surface area contributed by atoms with Crippen LogP contribution in [0.3, 0.4) is 0 Å². The van der Waals surface area contributed by atoms with Crippen LogP contribution < -0.4 is 5.48 Å². The van der Waals surface area contributed by atoms with Crippen LogP contribution in [-0.4, -0.2) is 11.1 Å². The van der Waals surface area contributed by atoms with Crippen LogP contribution in [0.5, 0.6) is 0 Å². The first-order chi connectivity index (χ1) is 8.22. The number of fused-ring (bicyclic) bond motifs is 1. The molecule has 2 aliphatic rings. The van der Waals surface area contributed by atoms with E-state index in [1.165, 1.54) is 6.07 Å². The number of nitrogens with one attached hydrogen (secondary N) is 1. The first-order valence-corrected chi connectivity index (χ1v) is 5.62. The maximum atomic E-state index is 13.5. The molecule has 0 unspecified atom stereocenters. The quantitative estimate of drug-likeness (QED) is 0.606. The molecule has 1 aromatic carbocycles. The number of rotatable bonds is 2. The highest BCUT2D eigenvalue weighted by Gasteiger charge is 2.56. The lowest BCUT2D eigenvalue weighted by atomic mass is 10.0. The molecule has 3 rings (SSSR count). The summed E-state index contributed by atoms with van der Waals surface area (Å²) in [6, 6.07) is 6.67. The summed E-state index contributed by atoms with van der Waals surface area (Å²) >= 11 is 0. The molecule has 0 aromatic heterocycles. The van der Waals surface area contributed by atoms with Crippen LogP contribution >= 0.6 is 0 Å². The molecule has 0 aliphatic heterocycles. The maximum Gasteiger partial charge on any atom is 0.247 e. The zero-order chi connectivity index (χ0) is 12.0. The Morgan fingerprint density at radius 3 is 2.76 bits per heavy atom. The second-order valence-corrected chi connectivity index (χ2v) is 4.62. The van der Waals surface area contributed by atoms with E-state index in [0.717, 1.165) is 5.57 Å². The largest absolute Gasteiger partial charge is 0.289 e. The highest BCUT2D eigenvalue weighted by atomic mass is 19.1. The minimum Gasteiger partial charge on any atom is -0.289 e. The van der Waals surface area contributed by atoms with Crippen LogP contribution in [0, 0.1) is 23.6 Å². The van der Waals surface area contributed by atoms with E-state index < -0.39 is 0 Å². The van der Waals surface area contributed by atoms with E-state index in [2.05, 4.69) is 0 Å². The molecule has 1 fully saturated rings. The maximum absolute atomic E-state index is 13.5. The molecule has 17 heavy (non-hydrogen) atoms. The van der Waals surface area contributed by atoms with Crippen molar-refractivity contribution >= 4 is 11.5 Å². The molecule has 2 N–H and O–H groups in total. The first kappa shape index (κ1) is 10.5. The molecule has 0 saturated heterocycles. The lowest BCUT2D eigenvalue weighted by molar-refractivity contribution is -0.131. The van der Waals surface area contributed by atoms with Gasteiger partial charge >= 0.3 is 0 Å². The average Bonchev–Trinajstić information content (AvgIpc) is 2.84. The standard InChI is InChI=1S/C13H12FNO2/c14-11-4-2-1-3-8(11)7-5-9-10(6-7)12(9)13(16)15-17/h1-5,9-10,12,17H,6H2,(H,15,16)/t9-,10+,12+/m0/s1. The van der Waals surface area contributed by atoms with Crippen LogP contribution in [-0.2, 0) is 4.79 Å². The Labute approximate surface area is 97.9 Å². The van der Waals surface area contributed by atoms with Crippen molar-refractivity contribution in [3.8, 4) is 0 Å². The minimum absolute atomic E-state index is 0.129. The van der Waals surface area contributed by atoms with E-state index in [0.29, 0.717) is 12.0 Å². The van der Waals surface area contributed by atoms with Crippen molar-refractivity contribution in [2.75, 3.05) is 0 Å². The third-order valence-electron chi connectivity index (χ3n) is 3.71. The predicted octanol–water partition coefficient (Wildman–Crippen LogP) is 1.98. The number of carbonyl (C=O) groups is 1. The summed E-state index contributed by atoms with van der Waals surface area (Å²) in [6.07, 6.45) is 2.67. The van der Waals surface area contributed by atoms with Gasteiger partial charge in [0.2, 0.25) is 5.91 Å². The summed E-state index contributed by atoms with van der Waals surface area (Å²) in [6.45, 7) is 0. The van der Waals surface area contributed by atoms with Gasteiger partial charge in [0.15, 0.2) is 0 Å². The Kier molecular flexibility index (Phi) is 2.26. The fourth-order valence-electron chi connectivity index (χ4n) is 2.81. The van der Waals surface area contributed by atoms with Gasteiger partial charge in [0.25, 0.3) is 0 Å². The Bertz CT molecular complexity index is 512. The topological polar surface area (TPSA) is 49.3 Å². The smallest absolute Gasteiger partial charge is 0.247 e. The van der Waals surface area contributed by atoms with E-state index in [4.69, 9.17) is 5.21 Å². The van der Waals surface area contributed by atoms with Gasteiger partial charge in [-0.05, 0) is 29.9 Å². The first-order valence-electron chi connectivity index (χ1n) is 5.62. The third-order valence-corrected chi connectivity index (χ3v) is 3.71. The lowest BCUT2D eigenvalue weighted by Gasteiger charge is -2.07. The van der Waals surface area contributed by atoms with Gasteiger partial charge in [0, 0.05) is 5.56 Å². The molecule has 4 heteroatoms. The van der Waals surface area contributed by atoms with Crippen LogP contribution in [0.25, 0.3) is 5.57 Å². The number of benzene rings is 1. The van der Waals surface area contributed by atoms with Gasteiger partial charge in [-0.2, -0.15) is 0 Å². The molecule has 0 spiro atoms. The molecular formula is C13H12FNO2. The molecule has 3 nitrogen and oxygen atoms in total. The minimum atomic E-state index is -0.330.